The fraction of sp³-hybridized carbons (Fsp3) is 0.364. The van der Waals surface area contributed by atoms with Crippen molar-refractivity contribution < 1.29 is 19.2 Å². The van der Waals surface area contributed by atoms with Gasteiger partial charge in [-0.15, -0.1) is 0 Å². The second-order valence-electron chi connectivity index (χ2n) is 3.86. The van der Waals surface area contributed by atoms with Gasteiger partial charge in [-0.25, -0.2) is 0 Å². The fourth-order valence-electron chi connectivity index (χ4n) is 1.68. The summed E-state index contributed by atoms with van der Waals surface area (Å²) >= 11 is 0. The van der Waals surface area contributed by atoms with Gasteiger partial charge < -0.3 is 14.8 Å². The van der Waals surface area contributed by atoms with E-state index in [9.17, 15) is 14.9 Å². The molecule has 1 aliphatic rings. The highest BCUT2D eigenvalue weighted by Crippen LogP contribution is 2.36. The first kappa shape index (κ1) is 12.2. The third-order valence-corrected chi connectivity index (χ3v) is 2.48. The number of anilines is 1. The topological polar surface area (TPSA) is 90.7 Å². The van der Waals surface area contributed by atoms with Gasteiger partial charge in [0.25, 0.3) is 5.69 Å². The number of hydrogen-bond donors (Lipinski definition) is 1. The number of carbonyl (C=O) groups excluding carboxylic acids is 1. The molecule has 0 aliphatic carbocycles. The highest BCUT2D eigenvalue weighted by atomic mass is 16.6. The summed E-state index contributed by atoms with van der Waals surface area (Å²) in [7, 11) is 0. The maximum atomic E-state index is 10.9. The number of carbonyl (C=O) groups is 1. The van der Waals surface area contributed by atoms with Crippen molar-refractivity contribution in [3.63, 3.8) is 0 Å². The van der Waals surface area contributed by atoms with Crippen LogP contribution in [0.5, 0.6) is 5.75 Å². The largest absolute Gasteiger partial charge is 0.489 e. The summed E-state index contributed by atoms with van der Waals surface area (Å²) in [6.45, 7) is 1.71. The standard InChI is InChI=1S/C11H12N2O5/c1-7(14)17-5-8-6-18-10-4-2-3-9(13(15)16)11(10)12-8/h2-4,8,12H,5-6H2,1H3. The SMILES string of the molecule is CC(=O)OCC1COc2cccc([N+](=O)[O-])c2N1. The predicted molar refractivity (Wildman–Crippen MR) is 62.6 cm³/mol. The summed E-state index contributed by atoms with van der Waals surface area (Å²) in [5.74, 6) is 0.0356. The first-order valence-electron chi connectivity index (χ1n) is 5.38. The van der Waals surface area contributed by atoms with E-state index in [1.54, 1.807) is 12.1 Å². The van der Waals surface area contributed by atoms with Crippen molar-refractivity contribution >= 4 is 17.3 Å². The third-order valence-electron chi connectivity index (χ3n) is 2.48. The normalized spacial score (nSPS) is 17.1. The van der Waals surface area contributed by atoms with Crippen molar-refractivity contribution in [2.24, 2.45) is 0 Å². The van der Waals surface area contributed by atoms with E-state index in [1.807, 2.05) is 0 Å². The van der Waals surface area contributed by atoms with Crippen LogP contribution in [-0.4, -0.2) is 30.1 Å². The molecule has 1 heterocycles. The lowest BCUT2D eigenvalue weighted by Crippen LogP contribution is -2.36. The van der Waals surface area contributed by atoms with Crippen LogP contribution < -0.4 is 10.1 Å². The molecule has 1 atom stereocenters. The number of para-hydroxylation sites is 1. The predicted octanol–water partition coefficient (Wildman–Crippen LogP) is 1.33. The molecule has 18 heavy (non-hydrogen) atoms. The first-order chi connectivity index (χ1) is 8.58. The molecule has 7 nitrogen and oxygen atoms in total. The van der Waals surface area contributed by atoms with E-state index in [0.29, 0.717) is 18.0 Å². The van der Waals surface area contributed by atoms with Crippen LogP contribution in [0.2, 0.25) is 0 Å². The van der Waals surface area contributed by atoms with Gasteiger partial charge in [0, 0.05) is 13.0 Å². The molecule has 0 radical (unpaired) electrons. The zero-order chi connectivity index (χ0) is 13.1. The molecule has 1 aliphatic heterocycles. The molecule has 2 rings (SSSR count). The molecule has 1 aromatic rings. The number of hydrogen-bond acceptors (Lipinski definition) is 6. The van der Waals surface area contributed by atoms with Crippen molar-refractivity contribution in [3.8, 4) is 5.75 Å². The number of ether oxygens (including phenoxy) is 2. The number of benzene rings is 1. The summed E-state index contributed by atoms with van der Waals surface area (Å²) in [6, 6.07) is 4.31. The molecule has 1 aromatic carbocycles. The molecule has 0 bridgehead atoms. The van der Waals surface area contributed by atoms with E-state index >= 15 is 0 Å². The van der Waals surface area contributed by atoms with Gasteiger partial charge in [0.15, 0.2) is 5.69 Å². The highest BCUT2D eigenvalue weighted by molar-refractivity contribution is 5.71. The van der Waals surface area contributed by atoms with E-state index in [1.165, 1.54) is 13.0 Å². The Labute approximate surface area is 103 Å². The van der Waals surface area contributed by atoms with Crippen molar-refractivity contribution in [2.75, 3.05) is 18.5 Å². The van der Waals surface area contributed by atoms with Gasteiger partial charge in [0.1, 0.15) is 19.0 Å². The van der Waals surface area contributed by atoms with Crippen molar-refractivity contribution in [1.82, 2.24) is 0 Å². The summed E-state index contributed by atoms with van der Waals surface area (Å²) in [4.78, 5) is 21.1. The van der Waals surface area contributed by atoms with Crippen LogP contribution in [0.1, 0.15) is 6.92 Å². The zero-order valence-corrected chi connectivity index (χ0v) is 9.71. The Balaban J connectivity index is 2.16. The molecule has 0 fully saturated rings. The van der Waals surface area contributed by atoms with E-state index < -0.39 is 10.9 Å². The van der Waals surface area contributed by atoms with Crippen molar-refractivity contribution in [1.29, 1.82) is 0 Å². The van der Waals surface area contributed by atoms with Gasteiger partial charge in [0.05, 0.1) is 11.0 Å². The Hall–Kier alpha value is -2.31. The minimum absolute atomic E-state index is 0.0555. The molecular formula is C11H12N2O5. The molecule has 1 unspecified atom stereocenters. The number of rotatable bonds is 3. The van der Waals surface area contributed by atoms with E-state index in [2.05, 4.69) is 5.32 Å². The Morgan fingerprint density at radius 1 is 1.67 bits per heavy atom. The number of nitro benzene ring substituents is 1. The summed E-state index contributed by atoms with van der Waals surface area (Å²) in [5, 5.41) is 13.8. The maximum absolute atomic E-state index is 10.9. The Morgan fingerprint density at radius 2 is 2.44 bits per heavy atom. The lowest BCUT2D eigenvalue weighted by atomic mass is 10.2. The number of nitro groups is 1. The Morgan fingerprint density at radius 3 is 3.11 bits per heavy atom. The van der Waals surface area contributed by atoms with Crippen LogP contribution in [0.15, 0.2) is 18.2 Å². The molecule has 96 valence electrons. The lowest BCUT2D eigenvalue weighted by Gasteiger charge is -2.26. The summed E-state index contributed by atoms with van der Waals surface area (Å²) in [5.41, 5.74) is 0.269. The summed E-state index contributed by atoms with van der Waals surface area (Å²) in [6.07, 6.45) is 0. The monoisotopic (exact) mass is 252 g/mol. The zero-order valence-electron chi connectivity index (χ0n) is 9.71. The van der Waals surface area contributed by atoms with Gasteiger partial charge in [-0.3, -0.25) is 14.9 Å². The van der Waals surface area contributed by atoms with Gasteiger partial charge in [-0.05, 0) is 6.07 Å². The van der Waals surface area contributed by atoms with Crippen LogP contribution in [0.3, 0.4) is 0 Å². The molecule has 0 aromatic heterocycles. The quantitative estimate of drug-likeness (QED) is 0.495. The van der Waals surface area contributed by atoms with Gasteiger partial charge in [-0.2, -0.15) is 0 Å². The minimum atomic E-state index is -0.483. The smallest absolute Gasteiger partial charge is 0.302 e. The molecule has 7 heteroatoms. The Kier molecular flexibility index (Phi) is 3.31. The van der Waals surface area contributed by atoms with Crippen LogP contribution in [-0.2, 0) is 9.53 Å². The molecule has 1 N–H and O–H groups in total. The van der Waals surface area contributed by atoms with Crippen LogP contribution >= 0.6 is 0 Å². The number of nitrogens with one attached hydrogen (secondary N) is 1. The lowest BCUT2D eigenvalue weighted by molar-refractivity contribution is -0.384. The first-order valence-corrected chi connectivity index (χ1v) is 5.38. The molecule has 0 saturated carbocycles. The average Bonchev–Trinajstić information content (AvgIpc) is 2.35. The van der Waals surface area contributed by atoms with Crippen molar-refractivity contribution in [2.45, 2.75) is 13.0 Å². The number of esters is 1. The average molecular weight is 252 g/mol. The maximum Gasteiger partial charge on any atom is 0.302 e. The molecule has 0 amide bonds. The van der Waals surface area contributed by atoms with Gasteiger partial charge in [0.2, 0.25) is 0 Å². The van der Waals surface area contributed by atoms with E-state index in [0.717, 1.165) is 0 Å². The highest BCUT2D eigenvalue weighted by Gasteiger charge is 2.26. The summed E-state index contributed by atoms with van der Waals surface area (Å²) < 4.78 is 10.2. The molecule has 0 spiro atoms. The third kappa shape index (κ3) is 2.50. The fourth-order valence-corrected chi connectivity index (χ4v) is 1.68. The second-order valence-corrected chi connectivity index (χ2v) is 3.86. The van der Waals surface area contributed by atoms with Gasteiger partial charge in [-0.1, -0.05) is 6.07 Å². The number of fused-ring (bicyclic) bond motifs is 1. The second kappa shape index (κ2) is 4.91. The van der Waals surface area contributed by atoms with E-state index in [4.69, 9.17) is 9.47 Å². The molecular weight excluding hydrogens is 240 g/mol. The van der Waals surface area contributed by atoms with Crippen LogP contribution in [0, 0.1) is 10.1 Å². The van der Waals surface area contributed by atoms with E-state index in [-0.39, 0.29) is 18.3 Å². The minimum Gasteiger partial charge on any atom is -0.489 e. The van der Waals surface area contributed by atoms with Crippen molar-refractivity contribution in [3.05, 3.63) is 28.3 Å². The molecule has 0 saturated heterocycles. The Bertz CT molecular complexity index is 488. The van der Waals surface area contributed by atoms with Gasteiger partial charge >= 0.3 is 5.97 Å². The van der Waals surface area contributed by atoms with Crippen LogP contribution in [0.25, 0.3) is 0 Å². The number of nitrogens with zero attached hydrogens (tertiary/aromatic N) is 1. The van der Waals surface area contributed by atoms with Crippen LogP contribution in [0.4, 0.5) is 11.4 Å².